The summed E-state index contributed by atoms with van der Waals surface area (Å²) >= 11 is 5.50. The Morgan fingerprint density at radius 3 is 2.95 bits per heavy atom. The molecule has 2 aliphatic heterocycles. The van der Waals surface area contributed by atoms with Gasteiger partial charge in [-0.05, 0) is 38.0 Å². The minimum absolute atomic E-state index is 0.270. The molecule has 2 fully saturated rings. The molecule has 0 spiro atoms. The van der Waals surface area contributed by atoms with Gasteiger partial charge in [0, 0.05) is 24.7 Å². The molecule has 21 heavy (non-hydrogen) atoms. The molecular formula is C15H18FN3OS. The Morgan fingerprint density at radius 2 is 2.14 bits per heavy atom. The molecule has 1 aromatic heterocycles. The molecule has 1 N–H and O–H groups in total. The molecule has 2 saturated heterocycles. The van der Waals surface area contributed by atoms with Gasteiger partial charge in [0.05, 0.1) is 24.2 Å². The molecule has 0 radical (unpaired) electrons. The Morgan fingerprint density at radius 1 is 1.29 bits per heavy atom. The summed E-state index contributed by atoms with van der Waals surface area (Å²) in [5, 5.41) is 0. The fraction of sp³-hybridized carbons (Fsp3) is 0.533. The Hall–Kier alpha value is -1.40. The number of methoxy groups -OCH3 is 1. The van der Waals surface area contributed by atoms with E-state index in [0.717, 1.165) is 24.0 Å². The van der Waals surface area contributed by atoms with Crippen molar-refractivity contribution < 1.29 is 9.13 Å². The first-order valence-corrected chi connectivity index (χ1v) is 7.81. The lowest BCUT2D eigenvalue weighted by Gasteiger charge is -2.22. The van der Waals surface area contributed by atoms with Crippen LogP contribution < -0.4 is 4.74 Å². The molecule has 4 rings (SSSR count). The van der Waals surface area contributed by atoms with Crippen LogP contribution in [0.4, 0.5) is 4.39 Å². The van der Waals surface area contributed by atoms with Gasteiger partial charge in [0.1, 0.15) is 0 Å². The first-order valence-electron chi connectivity index (χ1n) is 7.41. The molecule has 3 heterocycles. The number of aromatic nitrogens is 2. The molecule has 0 bridgehead atoms. The van der Waals surface area contributed by atoms with E-state index in [0.29, 0.717) is 16.9 Å². The van der Waals surface area contributed by atoms with Gasteiger partial charge in [-0.3, -0.25) is 4.90 Å². The second-order valence-electron chi connectivity index (χ2n) is 5.91. The third kappa shape index (κ3) is 1.92. The van der Waals surface area contributed by atoms with Crippen LogP contribution in [-0.4, -0.2) is 40.7 Å². The lowest BCUT2D eigenvalue weighted by Crippen LogP contribution is -2.27. The van der Waals surface area contributed by atoms with E-state index in [-0.39, 0.29) is 11.6 Å². The highest BCUT2D eigenvalue weighted by molar-refractivity contribution is 7.71. The van der Waals surface area contributed by atoms with E-state index in [1.54, 1.807) is 6.07 Å². The van der Waals surface area contributed by atoms with Gasteiger partial charge in [0.15, 0.2) is 16.3 Å². The van der Waals surface area contributed by atoms with Crippen LogP contribution in [0.15, 0.2) is 12.1 Å². The van der Waals surface area contributed by atoms with Gasteiger partial charge < -0.3 is 14.3 Å². The number of hydrogen-bond donors (Lipinski definition) is 1. The number of hydrogen-bond acceptors (Lipinski definition) is 3. The first kappa shape index (κ1) is 13.3. The van der Waals surface area contributed by atoms with Crippen LogP contribution in [0.5, 0.6) is 5.75 Å². The summed E-state index contributed by atoms with van der Waals surface area (Å²) in [6.45, 7) is 2.32. The van der Waals surface area contributed by atoms with E-state index in [1.165, 1.54) is 32.6 Å². The summed E-state index contributed by atoms with van der Waals surface area (Å²) < 4.78 is 21.8. The molecule has 6 heteroatoms. The van der Waals surface area contributed by atoms with Crippen LogP contribution in [0.3, 0.4) is 0 Å². The normalized spacial score (nSPS) is 25.6. The topological polar surface area (TPSA) is 33.2 Å². The van der Waals surface area contributed by atoms with Crippen molar-refractivity contribution in [2.24, 2.45) is 0 Å². The highest BCUT2D eigenvalue weighted by atomic mass is 32.1. The highest BCUT2D eigenvalue weighted by Gasteiger charge is 2.39. The number of nitrogens with zero attached hydrogens (tertiary/aromatic N) is 2. The summed E-state index contributed by atoms with van der Waals surface area (Å²) in [6, 6.07) is 4.17. The number of nitrogens with one attached hydrogen (secondary N) is 1. The largest absolute Gasteiger partial charge is 0.494 e. The molecule has 4 nitrogen and oxygen atoms in total. The maximum Gasteiger partial charge on any atom is 0.178 e. The number of rotatable bonds is 2. The van der Waals surface area contributed by atoms with E-state index in [2.05, 4.69) is 14.5 Å². The molecule has 0 saturated carbocycles. The van der Waals surface area contributed by atoms with Gasteiger partial charge in [-0.15, -0.1) is 0 Å². The number of aromatic amines is 1. The zero-order valence-electron chi connectivity index (χ0n) is 11.9. The van der Waals surface area contributed by atoms with Gasteiger partial charge in [0.25, 0.3) is 0 Å². The minimum Gasteiger partial charge on any atom is -0.494 e. The number of H-pyrrole nitrogens is 1. The fourth-order valence-electron chi connectivity index (χ4n) is 3.97. The van der Waals surface area contributed by atoms with Crippen molar-refractivity contribution in [3.8, 4) is 5.75 Å². The van der Waals surface area contributed by atoms with E-state index in [4.69, 9.17) is 17.0 Å². The summed E-state index contributed by atoms with van der Waals surface area (Å²) in [5.74, 6) is -0.0890. The lowest BCUT2D eigenvalue weighted by atomic mass is 10.1. The monoisotopic (exact) mass is 307 g/mol. The second kappa shape index (κ2) is 4.81. The van der Waals surface area contributed by atoms with Crippen molar-refractivity contribution in [3.63, 3.8) is 0 Å². The average Bonchev–Trinajstić information content (AvgIpc) is 3.11. The molecule has 1 aromatic carbocycles. The van der Waals surface area contributed by atoms with Crippen LogP contribution in [0.2, 0.25) is 0 Å². The molecule has 2 atom stereocenters. The third-order valence-corrected chi connectivity index (χ3v) is 5.19. The molecule has 2 unspecified atom stereocenters. The number of ether oxygens (including phenoxy) is 1. The van der Waals surface area contributed by atoms with Gasteiger partial charge in [-0.1, -0.05) is 0 Å². The fourth-order valence-corrected chi connectivity index (χ4v) is 4.31. The zero-order valence-corrected chi connectivity index (χ0v) is 12.8. The van der Waals surface area contributed by atoms with Gasteiger partial charge in [0.2, 0.25) is 0 Å². The van der Waals surface area contributed by atoms with Crippen LogP contribution in [0, 0.1) is 10.6 Å². The minimum atomic E-state index is -0.359. The Bertz CT molecular complexity index is 753. The summed E-state index contributed by atoms with van der Waals surface area (Å²) in [5.41, 5.74) is 1.69. The van der Waals surface area contributed by atoms with E-state index in [1.807, 2.05) is 0 Å². The van der Waals surface area contributed by atoms with Crippen molar-refractivity contribution in [3.05, 3.63) is 22.7 Å². The van der Waals surface area contributed by atoms with Gasteiger partial charge in [-0.25, -0.2) is 4.39 Å². The molecule has 0 aliphatic carbocycles. The van der Waals surface area contributed by atoms with Gasteiger partial charge in [-0.2, -0.15) is 0 Å². The molecule has 112 valence electrons. The van der Waals surface area contributed by atoms with Crippen molar-refractivity contribution in [1.82, 2.24) is 14.5 Å². The second-order valence-corrected chi connectivity index (χ2v) is 6.29. The van der Waals surface area contributed by atoms with Crippen molar-refractivity contribution in [2.45, 2.75) is 31.3 Å². The predicted octanol–water partition coefficient (Wildman–Crippen LogP) is 3.26. The van der Waals surface area contributed by atoms with Crippen molar-refractivity contribution in [2.75, 3.05) is 20.2 Å². The van der Waals surface area contributed by atoms with Crippen molar-refractivity contribution >= 4 is 23.3 Å². The number of imidazole rings is 1. The number of fused-ring (bicyclic) bond motifs is 2. The maximum atomic E-state index is 13.9. The molecule has 2 aromatic rings. The van der Waals surface area contributed by atoms with E-state index < -0.39 is 0 Å². The van der Waals surface area contributed by atoms with E-state index >= 15 is 0 Å². The molecule has 2 aliphatic rings. The average molecular weight is 307 g/mol. The Balaban J connectivity index is 1.88. The summed E-state index contributed by atoms with van der Waals surface area (Å²) in [7, 11) is 1.49. The SMILES string of the molecule is COc1cc2c(cc1F)[nH]c(=S)n2C1CCN2CCCC12. The standard InChI is InChI=1S/C15H18FN3OS/c1-20-14-8-13-10(7-9(14)16)17-15(21)19(13)12-4-6-18-5-2-3-11(12)18/h7-8,11-12H,2-6H2,1H3,(H,17,21). The number of benzene rings is 1. The Labute approximate surface area is 127 Å². The smallest absolute Gasteiger partial charge is 0.178 e. The quantitative estimate of drug-likeness (QED) is 0.865. The highest BCUT2D eigenvalue weighted by Crippen LogP contribution is 2.38. The lowest BCUT2D eigenvalue weighted by molar-refractivity contribution is 0.291. The van der Waals surface area contributed by atoms with Crippen LogP contribution in [0.1, 0.15) is 25.3 Å². The van der Waals surface area contributed by atoms with E-state index in [9.17, 15) is 4.39 Å². The zero-order chi connectivity index (χ0) is 14.6. The van der Waals surface area contributed by atoms with Crippen LogP contribution in [0.25, 0.3) is 11.0 Å². The summed E-state index contributed by atoms with van der Waals surface area (Å²) in [6.07, 6.45) is 3.58. The number of halogens is 1. The van der Waals surface area contributed by atoms with Crippen LogP contribution >= 0.6 is 12.2 Å². The van der Waals surface area contributed by atoms with Gasteiger partial charge >= 0.3 is 0 Å². The first-order chi connectivity index (χ1) is 10.2. The molecule has 0 amide bonds. The van der Waals surface area contributed by atoms with Crippen molar-refractivity contribution in [1.29, 1.82) is 0 Å². The Kier molecular flexibility index (Phi) is 3.04. The summed E-state index contributed by atoms with van der Waals surface area (Å²) in [4.78, 5) is 5.69. The third-order valence-electron chi connectivity index (χ3n) is 4.89. The predicted molar refractivity (Wildman–Crippen MR) is 81.9 cm³/mol. The maximum absolute atomic E-state index is 13.9. The molecular weight excluding hydrogens is 289 g/mol. The van der Waals surface area contributed by atoms with Crippen LogP contribution in [-0.2, 0) is 0 Å².